The Bertz CT molecular complexity index is 662. The van der Waals surface area contributed by atoms with Gasteiger partial charge in [0.2, 0.25) is 5.91 Å². The van der Waals surface area contributed by atoms with Crippen molar-refractivity contribution in [2.24, 2.45) is 5.92 Å². The minimum atomic E-state index is -1.14. The molecule has 1 aromatic rings. The van der Waals surface area contributed by atoms with Gasteiger partial charge in [-0.3, -0.25) is 9.59 Å². The first kappa shape index (κ1) is 17.4. The van der Waals surface area contributed by atoms with Gasteiger partial charge in [0, 0.05) is 44.4 Å². The Morgan fingerprint density at radius 1 is 1.08 bits per heavy atom. The second-order valence-corrected chi connectivity index (χ2v) is 6.76. The Balaban J connectivity index is 1.53. The molecule has 3 rings (SSSR count). The summed E-state index contributed by atoms with van der Waals surface area (Å²) >= 11 is 0. The number of carbonyl (C=O) groups is 3. The first-order valence-electron chi connectivity index (χ1n) is 8.81. The lowest BCUT2D eigenvalue weighted by molar-refractivity contribution is -0.131. The summed E-state index contributed by atoms with van der Waals surface area (Å²) in [6, 6.07) is 2.85. The maximum Gasteiger partial charge on any atom is 0.354 e. The van der Waals surface area contributed by atoms with Crippen LogP contribution >= 0.6 is 0 Å². The van der Waals surface area contributed by atoms with Gasteiger partial charge in [-0.05, 0) is 43.7 Å². The van der Waals surface area contributed by atoms with Crippen molar-refractivity contribution >= 4 is 17.8 Å². The van der Waals surface area contributed by atoms with Crippen LogP contribution < -0.4 is 0 Å². The van der Waals surface area contributed by atoms with Gasteiger partial charge in [-0.2, -0.15) is 0 Å². The van der Waals surface area contributed by atoms with Gasteiger partial charge in [0.15, 0.2) is 0 Å². The van der Waals surface area contributed by atoms with Crippen LogP contribution in [0, 0.1) is 5.92 Å². The lowest BCUT2D eigenvalue weighted by atomic mass is 9.92. The number of carboxylic acids is 1. The van der Waals surface area contributed by atoms with E-state index >= 15 is 0 Å². The average molecular weight is 345 g/mol. The maximum atomic E-state index is 12.5. The molecule has 7 nitrogen and oxygen atoms in total. The molecular weight excluding hydrogens is 322 g/mol. The van der Waals surface area contributed by atoms with Crippen LogP contribution in [0.1, 0.15) is 53.0 Å². The molecule has 1 aromatic heterocycles. The summed E-state index contributed by atoms with van der Waals surface area (Å²) in [7, 11) is 0. The molecule has 0 unspecified atom stereocenters. The maximum absolute atomic E-state index is 12.5. The zero-order valence-electron chi connectivity index (χ0n) is 14.2. The highest BCUT2D eigenvalue weighted by molar-refractivity contribution is 5.96. The van der Waals surface area contributed by atoms with Crippen molar-refractivity contribution in [2.45, 2.75) is 32.1 Å². The van der Waals surface area contributed by atoms with Crippen molar-refractivity contribution < 1.29 is 19.5 Å². The summed E-state index contributed by atoms with van der Waals surface area (Å²) in [4.78, 5) is 43.2. The van der Waals surface area contributed by atoms with Crippen molar-refractivity contribution in [1.82, 2.24) is 14.8 Å². The van der Waals surface area contributed by atoms with E-state index in [1.165, 1.54) is 18.3 Å². The number of amides is 2. The molecule has 2 aliphatic rings. The van der Waals surface area contributed by atoms with E-state index in [9.17, 15) is 14.4 Å². The normalized spacial score (nSPS) is 18.4. The van der Waals surface area contributed by atoms with Gasteiger partial charge in [-0.15, -0.1) is 0 Å². The quantitative estimate of drug-likeness (QED) is 0.896. The fourth-order valence-electron chi connectivity index (χ4n) is 3.55. The van der Waals surface area contributed by atoms with Crippen LogP contribution in [0.4, 0.5) is 0 Å². The molecule has 3 heterocycles. The Morgan fingerprint density at radius 2 is 1.76 bits per heavy atom. The van der Waals surface area contributed by atoms with E-state index in [2.05, 4.69) is 4.98 Å². The number of piperidine rings is 1. The molecule has 134 valence electrons. The van der Waals surface area contributed by atoms with Crippen molar-refractivity contribution in [3.63, 3.8) is 0 Å². The second-order valence-electron chi connectivity index (χ2n) is 6.76. The van der Waals surface area contributed by atoms with Crippen molar-refractivity contribution in [3.05, 3.63) is 29.6 Å². The molecule has 0 radical (unpaired) electrons. The lowest BCUT2D eigenvalue weighted by Crippen LogP contribution is -2.40. The largest absolute Gasteiger partial charge is 0.477 e. The lowest BCUT2D eigenvalue weighted by Gasteiger charge is -2.32. The Hall–Kier alpha value is -2.44. The summed E-state index contributed by atoms with van der Waals surface area (Å²) in [5, 5.41) is 8.99. The summed E-state index contributed by atoms with van der Waals surface area (Å²) in [5.74, 6) is -0.755. The van der Waals surface area contributed by atoms with Gasteiger partial charge in [0.1, 0.15) is 5.69 Å². The third-order valence-electron chi connectivity index (χ3n) is 5.05. The first-order chi connectivity index (χ1) is 12.0. The van der Waals surface area contributed by atoms with Gasteiger partial charge >= 0.3 is 5.97 Å². The molecule has 2 amide bonds. The highest BCUT2D eigenvalue weighted by Crippen LogP contribution is 2.23. The Morgan fingerprint density at radius 3 is 2.40 bits per heavy atom. The monoisotopic (exact) mass is 345 g/mol. The van der Waals surface area contributed by atoms with Crippen molar-refractivity contribution in [2.75, 3.05) is 26.2 Å². The van der Waals surface area contributed by atoms with Gasteiger partial charge in [0.05, 0.1) is 0 Å². The number of aromatic carboxylic acids is 1. The molecule has 2 saturated heterocycles. The van der Waals surface area contributed by atoms with Crippen molar-refractivity contribution in [1.29, 1.82) is 0 Å². The van der Waals surface area contributed by atoms with Crippen molar-refractivity contribution in [3.8, 4) is 0 Å². The zero-order chi connectivity index (χ0) is 17.8. The summed E-state index contributed by atoms with van der Waals surface area (Å²) in [5.41, 5.74) is 0.218. The molecule has 0 aromatic carbocycles. The molecule has 25 heavy (non-hydrogen) atoms. The molecule has 1 N–H and O–H groups in total. The first-order valence-corrected chi connectivity index (χ1v) is 8.81. The third kappa shape index (κ3) is 4.15. The fraction of sp³-hybridized carbons (Fsp3) is 0.556. The van der Waals surface area contributed by atoms with Crippen LogP contribution in [-0.4, -0.2) is 63.9 Å². The van der Waals surface area contributed by atoms with E-state index in [4.69, 9.17) is 5.11 Å². The van der Waals surface area contributed by atoms with Gasteiger partial charge in [0.25, 0.3) is 5.91 Å². The summed E-state index contributed by atoms with van der Waals surface area (Å²) in [6.45, 7) is 2.96. The average Bonchev–Trinajstić information content (AvgIpc) is 3.17. The molecule has 0 spiro atoms. The van der Waals surface area contributed by atoms with Crippen LogP contribution in [0.5, 0.6) is 0 Å². The standard InChI is InChI=1S/C18H23N3O4/c22-16(20-7-1-2-8-20)11-13-4-9-21(10-5-13)17(23)14-3-6-19-15(12-14)18(24)25/h3,6,12-13H,1-2,4-5,7-11H2,(H,24,25). The van der Waals surface area contributed by atoms with E-state index < -0.39 is 5.97 Å². The van der Waals surface area contributed by atoms with E-state index in [0.717, 1.165) is 38.8 Å². The minimum Gasteiger partial charge on any atom is -0.477 e. The predicted molar refractivity (Wildman–Crippen MR) is 90.3 cm³/mol. The molecule has 0 aliphatic carbocycles. The van der Waals surface area contributed by atoms with E-state index in [1.54, 1.807) is 4.90 Å². The highest BCUT2D eigenvalue weighted by Gasteiger charge is 2.27. The molecule has 2 fully saturated rings. The summed E-state index contributed by atoms with van der Waals surface area (Å²) < 4.78 is 0. The number of carboxylic acid groups (broad SMARTS) is 1. The van der Waals surface area contributed by atoms with Crippen LogP contribution in [0.3, 0.4) is 0 Å². The molecule has 2 aliphatic heterocycles. The number of pyridine rings is 1. The third-order valence-corrected chi connectivity index (χ3v) is 5.05. The fourth-order valence-corrected chi connectivity index (χ4v) is 3.55. The zero-order valence-corrected chi connectivity index (χ0v) is 14.2. The summed E-state index contributed by atoms with van der Waals surface area (Å²) in [6.07, 6.45) is 5.73. The van der Waals surface area contributed by atoms with Crippen LogP contribution in [-0.2, 0) is 4.79 Å². The molecule has 0 saturated carbocycles. The molecule has 0 atom stereocenters. The van der Waals surface area contributed by atoms with Gasteiger partial charge in [-0.25, -0.2) is 9.78 Å². The molecular formula is C18H23N3O4. The van der Waals surface area contributed by atoms with E-state index in [0.29, 0.717) is 31.0 Å². The number of aromatic nitrogens is 1. The number of likely N-dealkylation sites (tertiary alicyclic amines) is 2. The predicted octanol–water partition coefficient (Wildman–Crippen LogP) is 1.64. The van der Waals surface area contributed by atoms with Crippen LogP contribution in [0.2, 0.25) is 0 Å². The Kier molecular flexibility index (Phi) is 5.31. The van der Waals surface area contributed by atoms with E-state index in [-0.39, 0.29) is 17.5 Å². The molecule has 7 heteroatoms. The number of nitrogens with zero attached hydrogens (tertiary/aromatic N) is 3. The topological polar surface area (TPSA) is 90.8 Å². The number of hydrogen-bond acceptors (Lipinski definition) is 4. The minimum absolute atomic E-state index is 0.128. The smallest absolute Gasteiger partial charge is 0.354 e. The van der Waals surface area contributed by atoms with Gasteiger partial charge in [-0.1, -0.05) is 0 Å². The second kappa shape index (κ2) is 7.63. The highest BCUT2D eigenvalue weighted by atomic mass is 16.4. The van der Waals surface area contributed by atoms with Gasteiger partial charge < -0.3 is 14.9 Å². The van der Waals surface area contributed by atoms with Crippen LogP contribution in [0.25, 0.3) is 0 Å². The number of hydrogen-bond donors (Lipinski definition) is 1. The number of carbonyl (C=O) groups excluding carboxylic acids is 2. The number of rotatable bonds is 4. The van der Waals surface area contributed by atoms with E-state index in [1.807, 2.05) is 4.90 Å². The van der Waals surface area contributed by atoms with Crippen LogP contribution in [0.15, 0.2) is 18.3 Å². The molecule has 0 bridgehead atoms. The Labute approximate surface area is 146 Å². The SMILES string of the molecule is O=C(O)c1cc(C(=O)N2CCC(CC(=O)N3CCCC3)CC2)ccn1.